The summed E-state index contributed by atoms with van der Waals surface area (Å²) in [5, 5.41) is 20.8. The summed E-state index contributed by atoms with van der Waals surface area (Å²) in [5.41, 5.74) is 0.215. The van der Waals surface area contributed by atoms with Crippen LogP contribution in [0.15, 0.2) is 18.2 Å². The van der Waals surface area contributed by atoms with E-state index in [-0.39, 0.29) is 5.41 Å². The first kappa shape index (κ1) is 16.1. The molecule has 1 unspecified atom stereocenters. The van der Waals surface area contributed by atoms with Crippen LogP contribution >= 0.6 is 11.6 Å². The molecule has 1 aliphatic carbocycles. The van der Waals surface area contributed by atoms with Crippen molar-refractivity contribution in [1.82, 2.24) is 0 Å². The molecule has 1 N–H and O–H groups in total. The lowest BCUT2D eigenvalue weighted by atomic mass is 9.62. The number of benzene rings is 1. The van der Waals surface area contributed by atoms with E-state index in [1.807, 2.05) is 0 Å². The maximum atomic E-state index is 10.7. The van der Waals surface area contributed by atoms with Gasteiger partial charge in [-0.1, -0.05) is 31.5 Å². The highest BCUT2D eigenvalue weighted by atomic mass is 35.5. The Hall–Kier alpha value is -1.24. The fourth-order valence-electron chi connectivity index (χ4n) is 2.99. The number of aliphatic hydroxyl groups excluding tert-OH is 1. The summed E-state index contributed by atoms with van der Waals surface area (Å²) in [5.74, 6) is 0.573. The minimum atomic E-state index is -0.818. The van der Waals surface area contributed by atoms with Crippen LogP contribution in [0, 0.1) is 22.2 Å². The average molecular weight is 308 g/mol. The van der Waals surface area contributed by atoms with Gasteiger partial charge in [-0.3, -0.25) is 0 Å². The van der Waals surface area contributed by atoms with Gasteiger partial charge in [0.05, 0.1) is 29.7 Å². The molecule has 0 spiro atoms. The summed E-state index contributed by atoms with van der Waals surface area (Å²) < 4.78 is 5.13. The molecule has 0 amide bonds. The number of halogens is 1. The summed E-state index contributed by atoms with van der Waals surface area (Å²) in [6.45, 7) is 4.43. The van der Waals surface area contributed by atoms with Crippen molar-refractivity contribution in [2.45, 2.75) is 45.6 Å². The monoisotopic (exact) mass is 307 g/mol. The molecule has 1 fully saturated rings. The highest BCUT2D eigenvalue weighted by molar-refractivity contribution is 6.32. The topological polar surface area (TPSA) is 53.2 Å². The molecule has 0 aliphatic heterocycles. The molecule has 1 aromatic rings. The van der Waals surface area contributed by atoms with Gasteiger partial charge in [0.1, 0.15) is 5.75 Å². The Bertz CT molecular complexity index is 552. The third kappa shape index (κ3) is 3.17. The van der Waals surface area contributed by atoms with Gasteiger partial charge in [-0.25, -0.2) is 0 Å². The van der Waals surface area contributed by atoms with Crippen molar-refractivity contribution in [3.05, 3.63) is 28.8 Å². The van der Waals surface area contributed by atoms with Crippen LogP contribution in [0.3, 0.4) is 0 Å². The Kier molecular flexibility index (Phi) is 4.51. The van der Waals surface area contributed by atoms with Gasteiger partial charge in [-0.2, -0.15) is 5.26 Å². The van der Waals surface area contributed by atoms with Gasteiger partial charge >= 0.3 is 0 Å². The summed E-state index contributed by atoms with van der Waals surface area (Å²) in [6.07, 6.45) is 2.49. The predicted octanol–water partition coefficient (Wildman–Crippen LogP) is 4.49. The van der Waals surface area contributed by atoms with Gasteiger partial charge in [0, 0.05) is 0 Å². The second-order valence-electron chi connectivity index (χ2n) is 6.73. The molecule has 114 valence electrons. The number of nitrogens with zero attached hydrogens (tertiary/aromatic N) is 1. The molecule has 0 heterocycles. The van der Waals surface area contributed by atoms with E-state index in [4.69, 9.17) is 16.3 Å². The Morgan fingerprint density at radius 3 is 2.38 bits per heavy atom. The second kappa shape index (κ2) is 5.87. The molecule has 1 aliphatic rings. The number of hydrogen-bond acceptors (Lipinski definition) is 3. The van der Waals surface area contributed by atoms with Crippen LogP contribution < -0.4 is 4.74 Å². The smallest absolute Gasteiger partial charge is 0.137 e. The normalized spacial score (nSPS) is 21.3. The molecule has 4 heteroatoms. The zero-order valence-electron chi connectivity index (χ0n) is 12.8. The number of ether oxygens (including phenoxy) is 1. The SMILES string of the molecule is COc1ccc(C(O)C2(C#N)CCC(C)(C)CC2)cc1Cl. The molecule has 2 rings (SSSR count). The zero-order valence-corrected chi connectivity index (χ0v) is 13.6. The average Bonchev–Trinajstić information content (AvgIpc) is 2.47. The number of nitriles is 1. The first-order valence-corrected chi connectivity index (χ1v) is 7.64. The van der Waals surface area contributed by atoms with Crippen LogP contribution in [0.2, 0.25) is 5.02 Å². The van der Waals surface area contributed by atoms with Gasteiger partial charge in [0.2, 0.25) is 0 Å². The van der Waals surface area contributed by atoms with E-state index in [2.05, 4.69) is 19.9 Å². The van der Waals surface area contributed by atoms with Crippen LogP contribution in [0.5, 0.6) is 5.75 Å². The Labute approximate surface area is 131 Å². The van der Waals surface area contributed by atoms with Gasteiger partial charge < -0.3 is 9.84 Å². The fourth-order valence-corrected chi connectivity index (χ4v) is 3.26. The van der Waals surface area contributed by atoms with Crippen LogP contribution in [-0.4, -0.2) is 12.2 Å². The highest BCUT2D eigenvalue weighted by Crippen LogP contribution is 2.51. The minimum Gasteiger partial charge on any atom is -0.495 e. The van der Waals surface area contributed by atoms with E-state index in [0.29, 0.717) is 29.2 Å². The number of methoxy groups -OCH3 is 1. The summed E-state index contributed by atoms with van der Waals surface area (Å²) >= 11 is 6.13. The first-order chi connectivity index (χ1) is 9.83. The molecule has 1 saturated carbocycles. The lowest BCUT2D eigenvalue weighted by Crippen LogP contribution is -2.35. The van der Waals surface area contributed by atoms with Crippen LogP contribution in [0.25, 0.3) is 0 Å². The lowest BCUT2D eigenvalue weighted by Gasteiger charge is -2.42. The summed E-state index contributed by atoms with van der Waals surface area (Å²) in [4.78, 5) is 0. The third-order valence-electron chi connectivity index (χ3n) is 4.73. The van der Waals surface area contributed by atoms with Crippen molar-refractivity contribution in [2.75, 3.05) is 7.11 Å². The molecule has 3 nitrogen and oxygen atoms in total. The van der Waals surface area contributed by atoms with Crippen molar-refractivity contribution in [1.29, 1.82) is 5.26 Å². The van der Waals surface area contributed by atoms with Crippen molar-refractivity contribution in [3.8, 4) is 11.8 Å². The molecule has 0 aromatic heterocycles. The van der Waals surface area contributed by atoms with Crippen LogP contribution in [-0.2, 0) is 0 Å². The third-order valence-corrected chi connectivity index (χ3v) is 5.03. The van der Waals surface area contributed by atoms with E-state index in [1.165, 1.54) is 0 Å². The van der Waals surface area contributed by atoms with Crippen molar-refractivity contribution in [3.63, 3.8) is 0 Å². The molecule has 1 atom stereocenters. The van der Waals surface area contributed by atoms with Gasteiger partial charge in [-0.05, 0) is 48.8 Å². The van der Waals surface area contributed by atoms with Gasteiger partial charge in [-0.15, -0.1) is 0 Å². The highest BCUT2D eigenvalue weighted by Gasteiger charge is 2.44. The number of rotatable bonds is 3. The summed E-state index contributed by atoms with van der Waals surface area (Å²) in [6, 6.07) is 7.60. The van der Waals surface area contributed by atoms with E-state index in [9.17, 15) is 10.4 Å². The summed E-state index contributed by atoms with van der Waals surface area (Å²) in [7, 11) is 1.55. The Morgan fingerprint density at radius 2 is 1.90 bits per heavy atom. The Balaban J connectivity index is 2.27. The van der Waals surface area contributed by atoms with E-state index in [1.54, 1.807) is 25.3 Å². The molecular formula is C17H22ClNO2. The number of aliphatic hydroxyl groups is 1. The number of hydrogen-bond donors (Lipinski definition) is 1. The molecular weight excluding hydrogens is 286 g/mol. The van der Waals surface area contributed by atoms with Gasteiger partial charge in [0.25, 0.3) is 0 Å². The molecule has 0 radical (unpaired) electrons. The molecule has 1 aromatic carbocycles. The van der Waals surface area contributed by atoms with Crippen LogP contribution in [0.4, 0.5) is 0 Å². The molecule has 0 bridgehead atoms. The standard InChI is InChI=1S/C17H22ClNO2/c1-16(2)6-8-17(11-19,9-7-16)15(20)12-4-5-14(21-3)13(18)10-12/h4-5,10,15,20H,6-9H2,1-3H3. The maximum absolute atomic E-state index is 10.7. The first-order valence-electron chi connectivity index (χ1n) is 7.26. The van der Waals surface area contributed by atoms with Crippen molar-refractivity contribution >= 4 is 11.6 Å². The largest absolute Gasteiger partial charge is 0.495 e. The van der Waals surface area contributed by atoms with Gasteiger partial charge in [0.15, 0.2) is 0 Å². The van der Waals surface area contributed by atoms with Crippen molar-refractivity contribution in [2.24, 2.45) is 10.8 Å². The van der Waals surface area contributed by atoms with E-state index >= 15 is 0 Å². The Morgan fingerprint density at radius 1 is 1.29 bits per heavy atom. The quantitative estimate of drug-likeness (QED) is 0.895. The predicted molar refractivity (Wildman–Crippen MR) is 83.3 cm³/mol. The van der Waals surface area contributed by atoms with Crippen LogP contribution in [0.1, 0.15) is 51.2 Å². The minimum absolute atomic E-state index is 0.248. The van der Waals surface area contributed by atoms with E-state index < -0.39 is 11.5 Å². The maximum Gasteiger partial charge on any atom is 0.137 e. The van der Waals surface area contributed by atoms with Crippen molar-refractivity contribution < 1.29 is 9.84 Å². The second-order valence-corrected chi connectivity index (χ2v) is 7.14. The van der Waals surface area contributed by atoms with E-state index in [0.717, 1.165) is 12.8 Å². The fraction of sp³-hybridized carbons (Fsp3) is 0.588. The zero-order chi connectivity index (χ0) is 15.7. The molecule has 21 heavy (non-hydrogen) atoms. The molecule has 0 saturated heterocycles. The lowest BCUT2D eigenvalue weighted by molar-refractivity contribution is 0.00954.